The summed E-state index contributed by atoms with van der Waals surface area (Å²) in [7, 11) is 0. The molecule has 32 heavy (non-hydrogen) atoms. The number of hydrogen-bond acceptors (Lipinski definition) is 7. The Morgan fingerprint density at radius 2 is 1.88 bits per heavy atom. The smallest absolute Gasteiger partial charge is 0.177 e. The van der Waals surface area contributed by atoms with Crippen LogP contribution in [0.15, 0.2) is 43.0 Å². The van der Waals surface area contributed by atoms with Crippen LogP contribution in [0.2, 0.25) is 0 Å². The van der Waals surface area contributed by atoms with Gasteiger partial charge in [-0.05, 0) is 30.7 Å². The third-order valence-corrected chi connectivity index (χ3v) is 6.33. The average Bonchev–Trinajstić information content (AvgIpc) is 3.21. The predicted molar refractivity (Wildman–Crippen MR) is 121 cm³/mol. The van der Waals surface area contributed by atoms with Crippen molar-refractivity contribution in [2.24, 2.45) is 5.41 Å². The maximum Gasteiger partial charge on any atom is 0.177 e. The second kappa shape index (κ2) is 7.94. The molecule has 0 N–H and O–H groups in total. The molecule has 0 amide bonds. The van der Waals surface area contributed by atoms with E-state index < -0.39 is 0 Å². The normalized spacial score (nSPS) is 20.2. The molecule has 0 unspecified atom stereocenters. The van der Waals surface area contributed by atoms with Crippen LogP contribution < -0.4 is 4.90 Å². The summed E-state index contributed by atoms with van der Waals surface area (Å²) in [4.78, 5) is 10.9. The molecule has 8 nitrogen and oxygen atoms in total. The molecule has 2 aromatic heterocycles. The average molecular weight is 435 g/mol. The van der Waals surface area contributed by atoms with Gasteiger partial charge >= 0.3 is 0 Å². The molecule has 0 atom stereocenters. The molecule has 0 spiro atoms. The highest BCUT2D eigenvalue weighted by Crippen LogP contribution is 2.37. The van der Waals surface area contributed by atoms with Gasteiger partial charge in [-0.2, -0.15) is 0 Å². The number of anilines is 1. The second-order valence-electron chi connectivity index (χ2n) is 10.1. The molecule has 0 bridgehead atoms. The summed E-state index contributed by atoms with van der Waals surface area (Å²) in [5.41, 5.74) is 5.57. The van der Waals surface area contributed by atoms with Crippen LogP contribution in [-0.4, -0.2) is 57.6 Å². The third kappa shape index (κ3) is 4.12. The maximum absolute atomic E-state index is 5.82. The van der Waals surface area contributed by atoms with E-state index in [1.165, 1.54) is 11.3 Å². The van der Waals surface area contributed by atoms with Crippen LogP contribution in [0.3, 0.4) is 0 Å². The van der Waals surface area contributed by atoms with Crippen molar-refractivity contribution in [2.75, 3.05) is 31.2 Å². The van der Waals surface area contributed by atoms with Crippen molar-refractivity contribution < 1.29 is 9.47 Å². The standard InChI is InChI=1S/C24H30N6O2/c1-17-9-18(29-12-24(4,13-29)21-7-8-25-16-26-21)5-6-19(17)20-10-30(28-27-20)11-22-31-14-23(2,3)15-32-22/h5-10,16,22H,11-15H2,1-4H3. The molecule has 168 valence electrons. The molecule has 0 radical (unpaired) electrons. The minimum atomic E-state index is -0.281. The Bertz CT molecular complexity index is 1080. The Balaban J connectivity index is 1.24. The van der Waals surface area contributed by atoms with Gasteiger partial charge in [-0.3, -0.25) is 0 Å². The van der Waals surface area contributed by atoms with Gasteiger partial charge in [0.15, 0.2) is 6.29 Å². The van der Waals surface area contributed by atoms with E-state index in [1.54, 1.807) is 11.0 Å². The van der Waals surface area contributed by atoms with Gasteiger partial charge < -0.3 is 14.4 Å². The molecule has 2 aliphatic heterocycles. The molecule has 2 aliphatic rings. The molecule has 0 saturated carbocycles. The molecule has 3 aromatic rings. The van der Waals surface area contributed by atoms with Crippen molar-refractivity contribution in [3.05, 3.63) is 54.2 Å². The van der Waals surface area contributed by atoms with Crippen molar-refractivity contribution in [3.63, 3.8) is 0 Å². The molecule has 2 fully saturated rings. The van der Waals surface area contributed by atoms with E-state index in [0.717, 1.165) is 30.0 Å². The van der Waals surface area contributed by atoms with Crippen LogP contribution in [0.4, 0.5) is 5.69 Å². The van der Waals surface area contributed by atoms with Crippen molar-refractivity contribution in [1.82, 2.24) is 25.0 Å². The number of benzene rings is 1. The zero-order chi connectivity index (χ0) is 22.3. The van der Waals surface area contributed by atoms with Gasteiger partial charge in [0.05, 0.1) is 31.6 Å². The van der Waals surface area contributed by atoms with Crippen LogP contribution >= 0.6 is 0 Å². The number of aryl methyl sites for hydroxylation is 1. The highest BCUT2D eigenvalue weighted by molar-refractivity contribution is 5.67. The Morgan fingerprint density at radius 3 is 2.56 bits per heavy atom. The predicted octanol–water partition coefficient (Wildman–Crippen LogP) is 3.22. The Morgan fingerprint density at radius 1 is 1.09 bits per heavy atom. The van der Waals surface area contributed by atoms with Gasteiger partial charge in [0.1, 0.15) is 12.0 Å². The van der Waals surface area contributed by atoms with Gasteiger partial charge in [0, 0.05) is 41.4 Å². The zero-order valence-electron chi connectivity index (χ0n) is 19.2. The molecular formula is C24H30N6O2. The molecule has 0 aliphatic carbocycles. The lowest BCUT2D eigenvalue weighted by molar-refractivity contribution is -0.227. The van der Waals surface area contributed by atoms with Gasteiger partial charge in [-0.1, -0.05) is 32.1 Å². The van der Waals surface area contributed by atoms with Gasteiger partial charge in [-0.25, -0.2) is 14.6 Å². The Labute approximate surface area is 188 Å². The van der Waals surface area contributed by atoms with Crippen LogP contribution in [0.1, 0.15) is 32.0 Å². The van der Waals surface area contributed by atoms with Gasteiger partial charge in [0.25, 0.3) is 0 Å². The fourth-order valence-electron chi connectivity index (χ4n) is 4.42. The minimum Gasteiger partial charge on any atom is -0.369 e. The van der Waals surface area contributed by atoms with E-state index in [1.807, 2.05) is 18.5 Å². The monoisotopic (exact) mass is 434 g/mol. The van der Waals surface area contributed by atoms with E-state index in [-0.39, 0.29) is 17.1 Å². The lowest BCUT2D eigenvalue weighted by atomic mass is 9.78. The summed E-state index contributed by atoms with van der Waals surface area (Å²) >= 11 is 0. The second-order valence-corrected chi connectivity index (χ2v) is 10.1. The van der Waals surface area contributed by atoms with E-state index in [2.05, 4.69) is 71.1 Å². The zero-order valence-corrected chi connectivity index (χ0v) is 19.2. The van der Waals surface area contributed by atoms with Crippen molar-refractivity contribution in [1.29, 1.82) is 0 Å². The molecule has 4 heterocycles. The quantitative estimate of drug-likeness (QED) is 0.610. The number of aromatic nitrogens is 5. The summed E-state index contributed by atoms with van der Waals surface area (Å²) in [6.45, 7) is 12.5. The van der Waals surface area contributed by atoms with Crippen LogP contribution in [0, 0.1) is 12.3 Å². The molecular weight excluding hydrogens is 404 g/mol. The van der Waals surface area contributed by atoms with E-state index in [9.17, 15) is 0 Å². The number of hydrogen-bond donors (Lipinski definition) is 0. The summed E-state index contributed by atoms with van der Waals surface area (Å²) in [5, 5.41) is 8.67. The van der Waals surface area contributed by atoms with Gasteiger partial charge in [-0.15, -0.1) is 5.10 Å². The third-order valence-electron chi connectivity index (χ3n) is 6.33. The summed E-state index contributed by atoms with van der Waals surface area (Å²) in [6.07, 6.45) is 5.12. The molecule has 5 rings (SSSR count). The first-order valence-electron chi connectivity index (χ1n) is 11.1. The molecule has 1 aromatic carbocycles. The highest BCUT2D eigenvalue weighted by Gasteiger charge is 2.41. The fraction of sp³-hybridized carbons (Fsp3) is 0.500. The topological polar surface area (TPSA) is 78.2 Å². The lowest BCUT2D eigenvalue weighted by Gasteiger charge is -2.49. The first-order chi connectivity index (χ1) is 15.3. The lowest BCUT2D eigenvalue weighted by Crippen LogP contribution is -2.58. The first-order valence-corrected chi connectivity index (χ1v) is 11.1. The minimum absolute atomic E-state index is 0.0611. The number of ether oxygens (including phenoxy) is 2. The van der Waals surface area contributed by atoms with Gasteiger partial charge in [0.2, 0.25) is 0 Å². The maximum atomic E-state index is 5.82. The molecule has 8 heteroatoms. The van der Waals surface area contributed by atoms with E-state index in [0.29, 0.717) is 19.8 Å². The van der Waals surface area contributed by atoms with Crippen LogP contribution in [0.25, 0.3) is 11.3 Å². The molecule has 2 saturated heterocycles. The first kappa shape index (κ1) is 21.0. The van der Waals surface area contributed by atoms with Crippen LogP contribution in [0.5, 0.6) is 0 Å². The number of nitrogens with zero attached hydrogens (tertiary/aromatic N) is 6. The summed E-state index contributed by atoms with van der Waals surface area (Å²) < 4.78 is 13.4. The Hall–Kier alpha value is -2.84. The fourth-order valence-corrected chi connectivity index (χ4v) is 4.42. The van der Waals surface area contributed by atoms with Crippen LogP contribution in [-0.2, 0) is 21.4 Å². The summed E-state index contributed by atoms with van der Waals surface area (Å²) in [6, 6.07) is 8.54. The van der Waals surface area contributed by atoms with Crippen molar-refractivity contribution in [3.8, 4) is 11.3 Å². The van der Waals surface area contributed by atoms with E-state index >= 15 is 0 Å². The van der Waals surface area contributed by atoms with E-state index in [4.69, 9.17) is 9.47 Å². The summed E-state index contributed by atoms with van der Waals surface area (Å²) in [5.74, 6) is 0. The SMILES string of the molecule is Cc1cc(N2CC(C)(c3ccncn3)C2)ccc1-c1cn(CC2OCC(C)(C)CO2)nn1. The highest BCUT2D eigenvalue weighted by atomic mass is 16.7. The largest absolute Gasteiger partial charge is 0.369 e. The van der Waals surface area contributed by atoms with Crippen molar-refractivity contribution >= 4 is 5.69 Å². The Kier molecular flexibility index (Phi) is 5.22. The van der Waals surface area contributed by atoms with Crippen molar-refractivity contribution in [2.45, 2.75) is 45.9 Å². The number of rotatable bonds is 5.